The zero-order chi connectivity index (χ0) is 12.7. The van der Waals surface area contributed by atoms with E-state index in [1.807, 2.05) is 6.92 Å². The summed E-state index contributed by atoms with van der Waals surface area (Å²) in [5, 5.41) is 9.64. The van der Waals surface area contributed by atoms with E-state index < -0.39 is 0 Å². The van der Waals surface area contributed by atoms with E-state index in [1.165, 1.54) is 19.3 Å². The first-order chi connectivity index (χ1) is 8.15. The maximum absolute atomic E-state index is 11.7. The maximum Gasteiger partial charge on any atom is 0.277 e. The molecule has 1 heterocycles. The van der Waals surface area contributed by atoms with E-state index in [0.717, 1.165) is 12.8 Å². The molecule has 0 fully saturated rings. The van der Waals surface area contributed by atoms with Crippen molar-refractivity contribution in [3.63, 3.8) is 0 Å². The molecule has 96 valence electrons. The monoisotopic (exact) mass is 240 g/mol. The first-order valence-electron chi connectivity index (χ1n) is 6.04. The fourth-order valence-electron chi connectivity index (χ4n) is 1.59. The van der Waals surface area contributed by atoms with Crippen molar-refractivity contribution in [2.45, 2.75) is 52.0 Å². The molecule has 1 amide bonds. The van der Waals surface area contributed by atoms with Gasteiger partial charge in [0.15, 0.2) is 0 Å². The molecule has 0 saturated carbocycles. The number of anilines is 1. The molecule has 0 bridgehead atoms. The van der Waals surface area contributed by atoms with Gasteiger partial charge < -0.3 is 11.1 Å². The summed E-state index contributed by atoms with van der Waals surface area (Å²) in [4.78, 5) is 11.7. The number of unbranched alkanes of at least 4 members (excludes halogenated alkanes) is 3. The Hall–Kier alpha value is -1.59. The smallest absolute Gasteiger partial charge is 0.277 e. The number of nitrogens with one attached hydrogen (secondary N) is 1. The first-order valence-corrected chi connectivity index (χ1v) is 6.04. The first kappa shape index (κ1) is 13.5. The highest BCUT2D eigenvalue weighted by Gasteiger charge is 2.17. The van der Waals surface area contributed by atoms with Crippen LogP contribution in [0.3, 0.4) is 0 Å². The third kappa shape index (κ3) is 4.42. The molecule has 1 aromatic rings. The second-order valence-corrected chi connectivity index (χ2v) is 4.22. The van der Waals surface area contributed by atoms with E-state index in [2.05, 4.69) is 27.2 Å². The van der Waals surface area contributed by atoms with Crippen LogP contribution < -0.4 is 11.1 Å². The molecular formula is C11H20N4O2. The van der Waals surface area contributed by atoms with Gasteiger partial charge in [-0.2, -0.15) is 0 Å². The lowest BCUT2D eigenvalue weighted by Crippen LogP contribution is -2.33. The second kappa shape index (κ2) is 6.88. The van der Waals surface area contributed by atoms with Gasteiger partial charge in [-0.1, -0.05) is 32.6 Å². The Labute approximate surface area is 101 Å². The number of hydrogen-bond donors (Lipinski definition) is 2. The largest absolute Gasteiger partial charge is 0.379 e. The van der Waals surface area contributed by atoms with Crippen LogP contribution in [0, 0.1) is 0 Å². The second-order valence-electron chi connectivity index (χ2n) is 4.22. The Morgan fingerprint density at radius 1 is 1.41 bits per heavy atom. The van der Waals surface area contributed by atoms with Gasteiger partial charge in [-0.3, -0.25) is 4.79 Å². The quantitative estimate of drug-likeness (QED) is 0.708. The lowest BCUT2D eigenvalue weighted by molar-refractivity contribution is 0.0928. The average Bonchev–Trinajstić information content (AvgIpc) is 2.71. The summed E-state index contributed by atoms with van der Waals surface area (Å²) in [6, 6.07) is 0.107. The lowest BCUT2D eigenvalue weighted by Gasteiger charge is -2.12. The highest BCUT2D eigenvalue weighted by Crippen LogP contribution is 2.07. The number of nitrogens with zero attached hydrogens (tertiary/aromatic N) is 2. The molecule has 0 saturated heterocycles. The molecule has 6 nitrogen and oxygen atoms in total. The minimum Gasteiger partial charge on any atom is -0.379 e. The minimum atomic E-state index is -0.327. The molecule has 1 atom stereocenters. The Morgan fingerprint density at radius 2 is 2.18 bits per heavy atom. The predicted octanol–water partition coefficient (Wildman–Crippen LogP) is 1.74. The molecule has 0 aliphatic rings. The van der Waals surface area contributed by atoms with Gasteiger partial charge >= 0.3 is 0 Å². The molecular weight excluding hydrogens is 220 g/mol. The topological polar surface area (TPSA) is 94.0 Å². The minimum absolute atomic E-state index is 0.0284. The van der Waals surface area contributed by atoms with Crippen LogP contribution in [0.25, 0.3) is 0 Å². The summed E-state index contributed by atoms with van der Waals surface area (Å²) in [5.74, 6) is -0.299. The summed E-state index contributed by atoms with van der Waals surface area (Å²) in [7, 11) is 0. The SMILES string of the molecule is CCCCCCC(C)NC(=O)c1nonc1N. The molecule has 0 aliphatic heterocycles. The van der Waals surface area contributed by atoms with Gasteiger partial charge in [0.2, 0.25) is 11.5 Å². The van der Waals surface area contributed by atoms with Crippen molar-refractivity contribution in [2.75, 3.05) is 5.73 Å². The van der Waals surface area contributed by atoms with Gasteiger partial charge in [-0.15, -0.1) is 0 Å². The number of carbonyl (C=O) groups is 1. The third-order valence-electron chi connectivity index (χ3n) is 2.60. The van der Waals surface area contributed by atoms with E-state index in [9.17, 15) is 4.79 Å². The molecule has 1 unspecified atom stereocenters. The van der Waals surface area contributed by atoms with Crippen molar-refractivity contribution in [2.24, 2.45) is 0 Å². The summed E-state index contributed by atoms with van der Waals surface area (Å²) < 4.78 is 4.38. The van der Waals surface area contributed by atoms with Crippen molar-refractivity contribution in [3.8, 4) is 0 Å². The van der Waals surface area contributed by atoms with Crippen LogP contribution in [0.2, 0.25) is 0 Å². The molecule has 0 radical (unpaired) electrons. The van der Waals surface area contributed by atoms with Crippen molar-refractivity contribution in [3.05, 3.63) is 5.69 Å². The van der Waals surface area contributed by atoms with E-state index in [1.54, 1.807) is 0 Å². The van der Waals surface area contributed by atoms with Gasteiger partial charge in [0, 0.05) is 6.04 Å². The third-order valence-corrected chi connectivity index (χ3v) is 2.60. The summed E-state index contributed by atoms with van der Waals surface area (Å²) >= 11 is 0. The van der Waals surface area contributed by atoms with Gasteiger partial charge in [0.25, 0.3) is 5.91 Å². The Morgan fingerprint density at radius 3 is 2.76 bits per heavy atom. The number of nitrogens with two attached hydrogens (primary N) is 1. The van der Waals surface area contributed by atoms with Crippen molar-refractivity contribution in [1.29, 1.82) is 0 Å². The zero-order valence-electron chi connectivity index (χ0n) is 10.4. The van der Waals surface area contributed by atoms with Gasteiger partial charge in [-0.05, 0) is 23.7 Å². The van der Waals surface area contributed by atoms with Crippen LogP contribution in [-0.4, -0.2) is 22.3 Å². The summed E-state index contributed by atoms with van der Waals surface area (Å²) in [6.07, 6.45) is 5.71. The van der Waals surface area contributed by atoms with E-state index in [4.69, 9.17) is 5.73 Å². The fraction of sp³-hybridized carbons (Fsp3) is 0.727. The molecule has 17 heavy (non-hydrogen) atoms. The van der Waals surface area contributed by atoms with Crippen LogP contribution in [0.4, 0.5) is 5.82 Å². The molecule has 1 aromatic heterocycles. The number of rotatable bonds is 7. The van der Waals surface area contributed by atoms with E-state index in [-0.39, 0.29) is 23.5 Å². The van der Waals surface area contributed by atoms with Crippen molar-refractivity contribution >= 4 is 11.7 Å². The molecule has 3 N–H and O–H groups in total. The molecule has 1 rings (SSSR count). The van der Waals surface area contributed by atoms with E-state index in [0.29, 0.717) is 0 Å². The Kier molecular flexibility index (Phi) is 5.45. The van der Waals surface area contributed by atoms with Crippen molar-refractivity contribution < 1.29 is 9.42 Å². The van der Waals surface area contributed by atoms with Gasteiger partial charge in [-0.25, -0.2) is 4.63 Å². The van der Waals surface area contributed by atoms with Crippen molar-refractivity contribution in [1.82, 2.24) is 15.6 Å². The molecule has 0 aliphatic carbocycles. The normalized spacial score (nSPS) is 12.4. The summed E-state index contributed by atoms with van der Waals surface area (Å²) in [5.41, 5.74) is 5.49. The molecule has 0 aromatic carbocycles. The fourth-order valence-corrected chi connectivity index (χ4v) is 1.59. The summed E-state index contributed by atoms with van der Waals surface area (Å²) in [6.45, 7) is 4.14. The van der Waals surface area contributed by atoms with Crippen LogP contribution in [-0.2, 0) is 0 Å². The molecule has 0 spiro atoms. The van der Waals surface area contributed by atoms with Crippen LogP contribution in [0.5, 0.6) is 0 Å². The van der Waals surface area contributed by atoms with Gasteiger partial charge in [0.05, 0.1) is 0 Å². The lowest BCUT2D eigenvalue weighted by atomic mass is 10.1. The van der Waals surface area contributed by atoms with Gasteiger partial charge in [0.1, 0.15) is 0 Å². The number of hydrogen-bond acceptors (Lipinski definition) is 5. The Bertz CT molecular complexity index is 351. The average molecular weight is 240 g/mol. The predicted molar refractivity (Wildman–Crippen MR) is 64.4 cm³/mol. The maximum atomic E-state index is 11.7. The molecule has 6 heteroatoms. The van der Waals surface area contributed by atoms with Crippen LogP contribution in [0.1, 0.15) is 56.4 Å². The number of carbonyl (C=O) groups excluding carboxylic acids is 1. The number of amides is 1. The van der Waals surface area contributed by atoms with Crippen LogP contribution >= 0.6 is 0 Å². The zero-order valence-corrected chi connectivity index (χ0v) is 10.4. The Balaban J connectivity index is 2.29. The number of aromatic nitrogens is 2. The van der Waals surface area contributed by atoms with E-state index >= 15 is 0 Å². The highest BCUT2D eigenvalue weighted by atomic mass is 16.6. The highest BCUT2D eigenvalue weighted by molar-refractivity contribution is 5.96. The number of nitrogen functional groups attached to an aromatic ring is 1. The van der Waals surface area contributed by atoms with Crippen LogP contribution in [0.15, 0.2) is 4.63 Å². The standard InChI is InChI=1S/C11H20N4O2/c1-3-4-5-6-7-8(2)13-11(16)9-10(12)15-17-14-9/h8H,3-7H2,1-2H3,(H2,12,15)(H,13,16).